The molecule has 0 saturated heterocycles. The van der Waals surface area contributed by atoms with Gasteiger partial charge in [-0.1, -0.05) is 30.3 Å². The topological polar surface area (TPSA) is 135 Å². The average Bonchev–Trinajstić information content (AvgIpc) is 3.05. The van der Waals surface area contributed by atoms with Crippen molar-refractivity contribution in [3.63, 3.8) is 0 Å². The van der Waals surface area contributed by atoms with Crippen molar-refractivity contribution in [2.24, 2.45) is 0 Å². The van der Waals surface area contributed by atoms with E-state index in [1.807, 2.05) is 30.3 Å². The second-order valence-corrected chi connectivity index (χ2v) is 9.59. The largest absolute Gasteiger partial charge is 0.507 e. The molecule has 0 aliphatic heterocycles. The van der Waals surface area contributed by atoms with Crippen LogP contribution >= 0.6 is 0 Å². The van der Waals surface area contributed by atoms with E-state index in [2.05, 4.69) is 0 Å². The predicted octanol–water partition coefficient (Wildman–Crippen LogP) is 5.60. The van der Waals surface area contributed by atoms with Crippen molar-refractivity contribution in [2.75, 3.05) is 49.8 Å². The van der Waals surface area contributed by atoms with Gasteiger partial charge in [0, 0.05) is 17.5 Å². The maximum atomic E-state index is 14.2. The number of phenols is 2. The third kappa shape index (κ3) is 4.57. The van der Waals surface area contributed by atoms with Crippen molar-refractivity contribution < 1.29 is 47.8 Å². The quantitative estimate of drug-likeness (QED) is 0.152. The molecular weight excluding hydrogens is 572 g/mol. The number of fused-ring (bicyclic) bond motifs is 2. The molecule has 0 bridgehead atoms. The van der Waals surface area contributed by atoms with Crippen molar-refractivity contribution in [3.8, 4) is 51.7 Å². The summed E-state index contributed by atoms with van der Waals surface area (Å²) < 4.78 is 45.0. The van der Waals surface area contributed by atoms with Crippen LogP contribution in [0.4, 0.5) is 0 Å². The van der Waals surface area contributed by atoms with Gasteiger partial charge in [-0.25, -0.2) is 0 Å². The molecule has 1 aromatic heterocycles. The lowest BCUT2D eigenvalue weighted by atomic mass is 9.82. The van der Waals surface area contributed by atoms with E-state index in [-0.39, 0.29) is 50.5 Å². The highest BCUT2D eigenvalue weighted by molar-refractivity contribution is 6.01. The van der Waals surface area contributed by atoms with E-state index >= 15 is 0 Å². The van der Waals surface area contributed by atoms with Gasteiger partial charge in [0.2, 0.25) is 22.7 Å². The fraction of sp³-hybridized carbons (Fsp3) is 0.242. The molecule has 0 spiro atoms. The zero-order valence-electron chi connectivity index (χ0n) is 25.3. The fourth-order valence-corrected chi connectivity index (χ4v) is 5.53. The summed E-state index contributed by atoms with van der Waals surface area (Å²) in [4.78, 5) is 14.2. The van der Waals surface area contributed by atoms with Crippen LogP contribution in [0.3, 0.4) is 0 Å². The third-order valence-electron chi connectivity index (χ3n) is 7.53. The molecule has 230 valence electrons. The molecule has 4 aromatic carbocycles. The highest BCUT2D eigenvalue weighted by Crippen LogP contribution is 2.54. The van der Waals surface area contributed by atoms with Crippen molar-refractivity contribution in [1.82, 2.24) is 0 Å². The summed E-state index contributed by atoms with van der Waals surface area (Å²) in [6.07, 6.45) is 0. The Hall–Kier alpha value is -5.45. The molecule has 5 aromatic rings. The van der Waals surface area contributed by atoms with E-state index in [1.54, 1.807) is 12.1 Å². The van der Waals surface area contributed by atoms with Crippen LogP contribution in [0.5, 0.6) is 51.7 Å². The Balaban J connectivity index is 1.97. The standard InChI is InChI=1S/C33H32O11/c1-37-19-15-21(39-3)20(38-2)13-17(19)23(16-11-9-8-10-12-16)24-27(35)25-26(34)18-14-22(40-4)30(41-5)33(43-7)29(18)44-31(25)32(42-6)28(24)36/h8-15,23,35-36H,1-7H3. The minimum Gasteiger partial charge on any atom is -0.507 e. The first kappa shape index (κ1) is 30.0. The second-order valence-electron chi connectivity index (χ2n) is 9.59. The molecule has 1 atom stereocenters. The van der Waals surface area contributed by atoms with E-state index < -0.39 is 22.8 Å². The summed E-state index contributed by atoms with van der Waals surface area (Å²) in [5.74, 6) is -0.374. The molecule has 0 aliphatic carbocycles. The van der Waals surface area contributed by atoms with Gasteiger partial charge in [-0.15, -0.1) is 0 Å². The van der Waals surface area contributed by atoms with Gasteiger partial charge < -0.3 is 47.8 Å². The molecule has 0 saturated carbocycles. The zero-order valence-corrected chi connectivity index (χ0v) is 25.3. The Morgan fingerprint density at radius 1 is 0.614 bits per heavy atom. The number of hydrogen-bond acceptors (Lipinski definition) is 11. The molecule has 0 amide bonds. The number of aromatic hydroxyl groups is 2. The summed E-state index contributed by atoms with van der Waals surface area (Å²) in [7, 11) is 10.0. The lowest BCUT2D eigenvalue weighted by Crippen LogP contribution is -2.11. The lowest BCUT2D eigenvalue weighted by Gasteiger charge is -2.25. The molecule has 5 rings (SSSR count). The Kier molecular flexibility index (Phi) is 8.21. The van der Waals surface area contributed by atoms with Crippen molar-refractivity contribution in [1.29, 1.82) is 0 Å². The smallest absolute Gasteiger partial charge is 0.208 e. The van der Waals surface area contributed by atoms with Crippen LogP contribution in [0.1, 0.15) is 22.6 Å². The normalized spacial score (nSPS) is 11.7. The van der Waals surface area contributed by atoms with Crippen LogP contribution in [0.15, 0.2) is 57.7 Å². The van der Waals surface area contributed by atoms with Crippen LogP contribution in [0.2, 0.25) is 0 Å². The maximum absolute atomic E-state index is 14.2. The Morgan fingerprint density at radius 3 is 1.77 bits per heavy atom. The first-order valence-corrected chi connectivity index (χ1v) is 13.4. The molecule has 1 heterocycles. The van der Waals surface area contributed by atoms with Gasteiger partial charge in [0.05, 0.1) is 60.7 Å². The molecule has 1 unspecified atom stereocenters. The van der Waals surface area contributed by atoms with Gasteiger partial charge >= 0.3 is 0 Å². The molecule has 0 radical (unpaired) electrons. The third-order valence-corrected chi connectivity index (χ3v) is 7.53. The molecule has 0 fully saturated rings. The highest BCUT2D eigenvalue weighted by atomic mass is 16.5. The number of ether oxygens (including phenoxy) is 7. The number of methoxy groups -OCH3 is 7. The van der Waals surface area contributed by atoms with E-state index in [1.165, 1.54) is 55.8 Å². The minimum absolute atomic E-state index is 0.00803. The molecule has 11 nitrogen and oxygen atoms in total. The Morgan fingerprint density at radius 2 is 1.20 bits per heavy atom. The Labute approximate surface area is 252 Å². The van der Waals surface area contributed by atoms with Gasteiger partial charge in [-0.05, 0) is 17.7 Å². The summed E-state index contributed by atoms with van der Waals surface area (Å²) in [5.41, 5.74) is 0.327. The monoisotopic (exact) mass is 604 g/mol. The summed E-state index contributed by atoms with van der Waals surface area (Å²) in [6.45, 7) is 0. The van der Waals surface area contributed by atoms with Crippen molar-refractivity contribution >= 4 is 21.9 Å². The van der Waals surface area contributed by atoms with Gasteiger partial charge in [0.1, 0.15) is 16.9 Å². The SMILES string of the molecule is COc1cc(OC)c(C(c2ccccc2)c2c(O)c(OC)c3oc4c(OC)c(OC)c(OC)cc4c(=O)c3c2O)cc1OC. The first-order chi connectivity index (χ1) is 21.3. The molecule has 2 N–H and O–H groups in total. The van der Waals surface area contributed by atoms with Gasteiger partial charge in [0.15, 0.2) is 34.2 Å². The molecule has 44 heavy (non-hydrogen) atoms. The van der Waals surface area contributed by atoms with E-state index in [4.69, 9.17) is 37.6 Å². The first-order valence-electron chi connectivity index (χ1n) is 13.4. The van der Waals surface area contributed by atoms with Crippen LogP contribution < -0.4 is 38.6 Å². The molecule has 0 aliphatic rings. The van der Waals surface area contributed by atoms with Crippen molar-refractivity contribution in [3.05, 3.63) is 75.4 Å². The second kappa shape index (κ2) is 12.0. The molecular formula is C33H32O11. The number of benzene rings is 4. The highest BCUT2D eigenvalue weighted by Gasteiger charge is 2.34. The van der Waals surface area contributed by atoms with Gasteiger partial charge in [0.25, 0.3) is 0 Å². The van der Waals surface area contributed by atoms with Crippen LogP contribution in [-0.4, -0.2) is 60.0 Å². The van der Waals surface area contributed by atoms with Crippen LogP contribution in [-0.2, 0) is 0 Å². The number of hydrogen-bond donors (Lipinski definition) is 2. The lowest BCUT2D eigenvalue weighted by molar-refractivity contribution is 0.324. The summed E-state index contributed by atoms with van der Waals surface area (Å²) in [5, 5.41) is 23.6. The fourth-order valence-electron chi connectivity index (χ4n) is 5.53. The minimum atomic E-state index is -0.890. The van der Waals surface area contributed by atoms with Crippen LogP contribution in [0, 0.1) is 0 Å². The number of rotatable bonds is 10. The van der Waals surface area contributed by atoms with E-state index in [9.17, 15) is 15.0 Å². The zero-order chi connectivity index (χ0) is 31.7. The van der Waals surface area contributed by atoms with E-state index in [0.29, 0.717) is 28.4 Å². The average molecular weight is 605 g/mol. The van der Waals surface area contributed by atoms with E-state index in [0.717, 1.165) is 0 Å². The predicted molar refractivity (Wildman–Crippen MR) is 163 cm³/mol. The summed E-state index contributed by atoms with van der Waals surface area (Å²) >= 11 is 0. The van der Waals surface area contributed by atoms with Gasteiger partial charge in [-0.3, -0.25) is 4.79 Å². The molecule has 11 heteroatoms. The summed E-state index contributed by atoms with van der Waals surface area (Å²) in [6, 6.07) is 13.9. The Bertz CT molecular complexity index is 1910. The van der Waals surface area contributed by atoms with Crippen molar-refractivity contribution in [2.45, 2.75) is 5.92 Å². The maximum Gasteiger partial charge on any atom is 0.208 e. The number of phenolic OH excluding ortho intramolecular Hbond substituents is 2. The van der Waals surface area contributed by atoms with Crippen LogP contribution in [0.25, 0.3) is 21.9 Å². The van der Waals surface area contributed by atoms with Gasteiger partial charge in [-0.2, -0.15) is 0 Å².